The first-order valence-corrected chi connectivity index (χ1v) is 7.65. The van der Waals surface area contributed by atoms with Crippen LogP contribution in [0.4, 0.5) is 0 Å². The van der Waals surface area contributed by atoms with Gasteiger partial charge in [0, 0.05) is 13.3 Å². The molecule has 1 unspecified atom stereocenters. The maximum absolute atomic E-state index is 11.3. The van der Waals surface area contributed by atoms with Crippen LogP contribution in [0.15, 0.2) is 0 Å². The van der Waals surface area contributed by atoms with Gasteiger partial charge in [-0.05, 0) is 6.92 Å². The topological polar surface area (TPSA) is 158 Å². The average Bonchev–Trinajstić information content (AvgIpc) is 2.48. The van der Waals surface area contributed by atoms with E-state index in [1.807, 2.05) is 0 Å². The van der Waals surface area contributed by atoms with Gasteiger partial charge in [0.2, 0.25) is 5.91 Å². The van der Waals surface area contributed by atoms with E-state index in [0.29, 0.717) is 0 Å². The Morgan fingerprint density at radius 2 is 2.04 bits per heavy atom. The summed E-state index contributed by atoms with van der Waals surface area (Å²) in [4.78, 5) is 11.3. The van der Waals surface area contributed by atoms with Crippen LogP contribution in [-0.4, -0.2) is 86.7 Å². The lowest BCUT2D eigenvalue weighted by Crippen LogP contribution is -2.68. The zero-order valence-electron chi connectivity index (χ0n) is 13.4. The molecule has 10 heteroatoms. The van der Waals surface area contributed by atoms with Crippen molar-refractivity contribution >= 4 is 5.91 Å². The van der Waals surface area contributed by atoms with E-state index < -0.39 is 61.2 Å². The molecular weight excluding hydrogens is 326 g/mol. The van der Waals surface area contributed by atoms with Crippen molar-refractivity contribution in [3.05, 3.63) is 6.61 Å². The van der Waals surface area contributed by atoms with Crippen LogP contribution < -0.4 is 5.32 Å². The van der Waals surface area contributed by atoms with Crippen molar-refractivity contribution < 1.29 is 44.5 Å². The molecule has 139 valence electrons. The molecule has 0 aromatic heterocycles. The molecular formula is C14H24NO9. The van der Waals surface area contributed by atoms with Gasteiger partial charge in [0.1, 0.15) is 31.0 Å². The van der Waals surface area contributed by atoms with E-state index in [1.165, 1.54) is 6.92 Å². The molecule has 10 nitrogen and oxygen atoms in total. The first kappa shape index (κ1) is 19.5. The lowest BCUT2D eigenvalue weighted by molar-refractivity contribution is -0.313. The Labute approximate surface area is 138 Å². The molecule has 0 bridgehead atoms. The zero-order chi connectivity index (χ0) is 18.1. The van der Waals surface area contributed by atoms with Crippen molar-refractivity contribution in [1.82, 2.24) is 5.32 Å². The van der Waals surface area contributed by atoms with E-state index >= 15 is 0 Å². The molecule has 0 aromatic carbocycles. The van der Waals surface area contributed by atoms with Crippen LogP contribution in [0.25, 0.3) is 0 Å². The van der Waals surface area contributed by atoms with Gasteiger partial charge in [-0.3, -0.25) is 4.79 Å². The van der Waals surface area contributed by atoms with Gasteiger partial charge in [-0.15, -0.1) is 0 Å². The SMILES string of the molecule is CC(=O)N[C@]1(O)[CH]O[C@H](CO)[C@@H](O)[C@@H]1OC1C[C@H](O)[C@H](O)[C@H](C)O1. The maximum Gasteiger partial charge on any atom is 0.219 e. The van der Waals surface area contributed by atoms with Gasteiger partial charge >= 0.3 is 0 Å². The summed E-state index contributed by atoms with van der Waals surface area (Å²) in [5.41, 5.74) is -2.16. The van der Waals surface area contributed by atoms with Crippen LogP contribution in [0.1, 0.15) is 20.3 Å². The Morgan fingerprint density at radius 1 is 1.38 bits per heavy atom. The van der Waals surface area contributed by atoms with Crippen LogP contribution in [0.2, 0.25) is 0 Å². The number of carbonyl (C=O) groups excluding carboxylic acids is 1. The molecule has 2 heterocycles. The molecule has 2 saturated heterocycles. The van der Waals surface area contributed by atoms with E-state index in [0.717, 1.165) is 13.5 Å². The van der Waals surface area contributed by atoms with E-state index in [4.69, 9.17) is 14.2 Å². The van der Waals surface area contributed by atoms with Crippen LogP contribution >= 0.6 is 0 Å². The van der Waals surface area contributed by atoms with E-state index in [2.05, 4.69) is 5.32 Å². The molecule has 2 aliphatic rings. The number of ether oxygens (including phenoxy) is 3. The highest BCUT2D eigenvalue weighted by atomic mass is 16.7. The molecule has 0 spiro atoms. The first-order chi connectivity index (χ1) is 11.2. The summed E-state index contributed by atoms with van der Waals surface area (Å²) >= 11 is 0. The number of aliphatic hydroxyl groups excluding tert-OH is 4. The summed E-state index contributed by atoms with van der Waals surface area (Å²) in [6, 6.07) is 0. The highest BCUT2D eigenvalue weighted by molar-refractivity contribution is 5.73. The number of hydrogen-bond acceptors (Lipinski definition) is 9. The largest absolute Gasteiger partial charge is 0.394 e. The van der Waals surface area contributed by atoms with Gasteiger partial charge in [-0.25, -0.2) is 0 Å². The second-order valence-corrected chi connectivity index (χ2v) is 6.09. The molecule has 2 fully saturated rings. The van der Waals surface area contributed by atoms with Gasteiger partial charge in [0.15, 0.2) is 12.0 Å². The predicted molar refractivity (Wildman–Crippen MR) is 76.9 cm³/mol. The molecule has 8 atom stereocenters. The number of hydrogen-bond donors (Lipinski definition) is 6. The summed E-state index contributed by atoms with van der Waals surface area (Å²) in [7, 11) is 0. The maximum atomic E-state index is 11.3. The number of nitrogens with one attached hydrogen (secondary N) is 1. The van der Waals surface area contributed by atoms with Crippen molar-refractivity contribution in [2.45, 2.75) is 68.9 Å². The highest BCUT2D eigenvalue weighted by Crippen LogP contribution is 2.31. The van der Waals surface area contributed by atoms with E-state index in [-0.39, 0.29) is 6.42 Å². The van der Waals surface area contributed by atoms with Crippen LogP contribution in [0.3, 0.4) is 0 Å². The predicted octanol–water partition coefficient (Wildman–Crippen LogP) is -3.03. The first-order valence-electron chi connectivity index (χ1n) is 7.65. The number of rotatable bonds is 4. The number of aliphatic hydroxyl groups is 5. The van der Waals surface area contributed by atoms with Crippen molar-refractivity contribution in [3.8, 4) is 0 Å². The minimum absolute atomic E-state index is 0.102. The lowest BCUT2D eigenvalue weighted by Gasteiger charge is -2.46. The summed E-state index contributed by atoms with van der Waals surface area (Å²) in [5.74, 6) is -0.603. The Bertz CT molecular complexity index is 438. The van der Waals surface area contributed by atoms with Crippen molar-refractivity contribution in [2.24, 2.45) is 0 Å². The van der Waals surface area contributed by atoms with Crippen LogP contribution in [0.5, 0.6) is 0 Å². The summed E-state index contributed by atoms with van der Waals surface area (Å²) in [5, 5.41) is 51.8. The van der Waals surface area contributed by atoms with Crippen molar-refractivity contribution in [1.29, 1.82) is 0 Å². The smallest absolute Gasteiger partial charge is 0.219 e. The summed E-state index contributed by atoms with van der Waals surface area (Å²) < 4.78 is 16.0. The fourth-order valence-electron chi connectivity index (χ4n) is 2.79. The quantitative estimate of drug-likeness (QED) is 0.290. The number of amides is 1. The van der Waals surface area contributed by atoms with Crippen molar-refractivity contribution in [3.63, 3.8) is 0 Å². The van der Waals surface area contributed by atoms with Gasteiger partial charge in [-0.2, -0.15) is 0 Å². The van der Waals surface area contributed by atoms with Gasteiger partial charge in [-0.1, -0.05) is 0 Å². The monoisotopic (exact) mass is 350 g/mol. The minimum Gasteiger partial charge on any atom is -0.394 e. The standard InChI is InChI=1S/C14H24NO9/c1-6-11(19)8(18)3-10(23-6)24-13-12(20)9(4-16)22-5-14(13,21)15-7(2)17/h5-6,8-13,16,18-21H,3-4H2,1-2H3,(H,15,17)/t6-,8-,9+,10?,11+,12+,13-,14-/m0/s1. The normalized spacial score (nSPS) is 46.5. The number of carbonyl (C=O) groups is 1. The molecule has 2 rings (SSSR count). The summed E-state index contributed by atoms with van der Waals surface area (Å²) in [6.07, 6.45) is -8.06. The molecule has 0 saturated carbocycles. The van der Waals surface area contributed by atoms with E-state index in [9.17, 15) is 30.3 Å². The van der Waals surface area contributed by atoms with Crippen LogP contribution in [-0.2, 0) is 19.0 Å². The fourth-order valence-corrected chi connectivity index (χ4v) is 2.79. The molecule has 1 radical (unpaired) electrons. The third-order valence-corrected chi connectivity index (χ3v) is 4.08. The zero-order valence-corrected chi connectivity index (χ0v) is 13.4. The Hall–Kier alpha value is -0.850. The molecule has 2 aliphatic heterocycles. The fraction of sp³-hybridized carbons (Fsp3) is 0.857. The third kappa shape index (κ3) is 4.03. The molecule has 0 aliphatic carbocycles. The Kier molecular flexibility index (Phi) is 6.15. The van der Waals surface area contributed by atoms with Crippen LogP contribution in [0, 0.1) is 6.61 Å². The van der Waals surface area contributed by atoms with Crippen molar-refractivity contribution in [2.75, 3.05) is 6.61 Å². The summed E-state index contributed by atoms with van der Waals surface area (Å²) in [6.45, 7) is 3.01. The average molecular weight is 350 g/mol. The highest BCUT2D eigenvalue weighted by Gasteiger charge is 2.53. The van der Waals surface area contributed by atoms with E-state index in [1.54, 1.807) is 0 Å². The molecule has 24 heavy (non-hydrogen) atoms. The van der Waals surface area contributed by atoms with Gasteiger partial charge < -0.3 is 45.1 Å². The minimum atomic E-state index is -2.16. The Balaban J connectivity index is 2.16. The third-order valence-electron chi connectivity index (χ3n) is 4.08. The molecule has 0 aromatic rings. The molecule has 6 N–H and O–H groups in total. The Morgan fingerprint density at radius 3 is 2.58 bits per heavy atom. The van der Waals surface area contributed by atoms with Gasteiger partial charge in [0.05, 0.1) is 18.8 Å². The van der Waals surface area contributed by atoms with Gasteiger partial charge in [0.25, 0.3) is 0 Å². The lowest BCUT2D eigenvalue weighted by atomic mass is 9.94. The molecule has 1 amide bonds. The second-order valence-electron chi connectivity index (χ2n) is 6.09. The second kappa shape index (κ2) is 7.58.